The molecule has 0 fully saturated rings. The van der Waals surface area contributed by atoms with Gasteiger partial charge in [0.1, 0.15) is 5.75 Å². The lowest BCUT2D eigenvalue weighted by Gasteiger charge is -2.23. The highest BCUT2D eigenvalue weighted by atomic mass is 16.6. The van der Waals surface area contributed by atoms with E-state index in [-0.39, 0.29) is 18.7 Å². The van der Waals surface area contributed by atoms with Gasteiger partial charge in [0.05, 0.1) is 41.5 Å². The molecule has 24 heavy (non-hydrogen) atoms. The van der Waals surface area contributed by atoms with Crippen LogP contribution in [-0.4, -0.2) is 27.3 Å². The van der Waals surface area contributed by atoms with Gasteiger partial charge in [-0.3, -0.25) is 19.5 Å². The number of benzene rings is 1. The van der Waals surface area contributed by atoms with E-state index in [1.54, 1.807) is 12.1 Å². The maximum absolute atomic E-state index is 12.2. The number of aliphatic hydroxyl groups excluding tert-OH is 1. The highest BCUT2D eigenvalue weighted by molar-refractivity contribution is 5.45. The third-order valence-electron chi connectivity index (χ3n) is 3.93. The van der Waals surface area contributed by atoms with E-state index in [1.807, 2.05) is 6.07 Å². The second kappa shape index (κ2) is 6.14. The van der Waals surface area contributed by atoms with Crippen LogP contribution >= 0.6 is 0 Å². The highest BCUT2D eigenvalue weighted by Gasteiger charge is 2.30. The van der Waals surface area contributed by atoms with Crippen molar-refractivity contribution in [3.05, 3.63) is 68.1 Å². The lowest BCUT2D eigenvalue weighted by atomic mass is 9.97. The van der Waals surface area contributed by atoms with Crippen LogP contribution in [0.3, 0.4) is 0 Å². The molecule has 0 saturated carbocycles. The van der Waals surface area contributed by atoms with Crippen molar-refractivity contribution < 1.29 is 14.8 Å². The molecule has 0 spiro atoms. The largest absolute Gasteiger partial charge is 0.493 e. The van der Waals surface area contributed by atoms with E-state index in [2.05, 4.69) is 0 Å². The van der Waals surface area contributed by atoms with E-state index in [4.69, 9.17) is 10.00 Å². The molecule has 1 N–H and O–H groups in total. The Kier molecular flexibility index (Phi) is 4.02. The average Bonchev–Trinajstić information content (AvgIpc) is 2.73. The standard InChI is InChI=1S/C16H13N3O5/c17-8-10-1-3-14-12(7-10)16(13(20)5-6-24-14)18-9-11(19(22)23)2-4-15(18)21/h1-4,7,9,13,16,20H,5-6H2/t13-,16-/m0/s1. The van der Waals surface area contributed by atoms with Crippen LogP contribution in [0.15, 0.2) is 41.3 Å². The van der Waals surface area contributed by atoms with Gasteiger partial charge in [-0.15, -0.1) is 0 Å². The molecule has 8 heteroatoms. The first-order valence-corrected chi connectivity index (χ1v) is 7.23. The second-order valence-corrected chi connectivity index (χ2v) is 5.40. The Labute approximate surface area is 136 Å². The van der Waals surface area contributed by atoms with Crippen molar-refractivity contribution in [2.45, 2.75) is 18.6 Å². The Morgan fingerprint density at radius 2 is 2.17 bits per heavy atom. The van der Waals surface area contributed by atoms with Crippen LogP contribution in [0.2, 0.25) is 0 Å². The van der Waals surface area contributed by atoms with Crippen molar-refractivity contribution in [1.82, 2.24) is 4.57 Å². The summed E-state index contributed by atoms with van der Waals surface area (Å²) in [5.74, 6) is 0.439. The molecule has 0 amide bonds. The molecule has 1 aromatic heterocycles. The minimum atomic E-state index is -0.986. The number of aliphatic hydroxyl groups is 1. The number of rotatable bonds is 2. The number of nitro groups is 1. The van der Waals surface area contributed by atoms with E-state index in [0.29, 0.717) is 16.9 Å². The van der Waals surface area contributed by atoms with Gasteiger partial charge < -0.3 is 9.84 Å². The van der Waals surface area contributed by atoms with Gasteiger partial charge in [0.2, 0.25) is 0 Å². The summed E-state index contributed by atoms with van der Waals surface area (Å²) in [7, 11) is 0. The fourth-order valence-corrected chi connectivity index (χ4v) is 2.79. The number of nitriles is 1. The van der Waals surface area contributed by atoms with Crippen molar-refractivity contribution in [2.24, 2.45) is 0 Å². The first-order valence-electron chi connectivity index (χ1n) is 7.23. The Balaban J connectivity index is 2.23. The highest BCUT2D eigenvalue weighted by Crippen LogP contribution is 2.35. The molecular weight excluding hydrogens is 314 g/mol. The monoisotopic (exact) mass is 327 g/mol. The van der Waals surface area contributed by atoms with Crippen LogP contribution < -0.4 is 10.3 Å². The first-order chi connectivity index (χ1) is 11.5. The van der Waals surface area contributed by atoms with E-state index in [9.17, 15) is 20.0 Å². The van der Waals surface area contributed by atoms with Gasteiger partial charge >= 0.3 is 0 Å². The summed E-state index contributed by atoms with van der Waals surface area (Å²) in [6.07, 6.45) is 0.362. The Bertz CT molecular complexity index is 899. The van der Waals surface area contributed by atoms with Crippen LogP contribution in [-0.2, 0) is 0 Å². The van der Waals surface area contributed by atoms with Crippen LogP contribution in [0.5, 0.6) is 5.75 Å². The molecule has 0 unspecified atom stereocenters. The van der Waals surface area contributed by atoms with E-state index >= 15 is 0 Å². The molecule has 1 aliphatic rings. The third kappa shape index (κ3) is 2.73. The molecule has 0 bridgehead atoms. The number of fused-ring (bicyclic) bond motifs is 1. The number of nitrogens with zero attached hydrogens (tertiary/aromatic N) is 3. The van der Waals surface area contributed by atoms with E-state index < -0.39 is 22.6 Å². The summed E-state index contributed by atoms with van der Waals surface area (Å²) in [5.41, 5.74) is 0.0430. The summed E-state index contributed by atoms with van der Waals surface area (Å²) >= 11 is 0. The van der Waals surface area contributed by atoms with Gasteiger partial charge in [-0.05, 0) is 18.2 Å². The second-order valence-electron chi connectivity index (χ2n) is 5.40. The molecule has 0 aliphatic carbocycles. The number of aromatic nitrogens is 1. The lowest BCUT2D eigenvalue weighted by Crippen LogP contribution is -2.32. The number of hydrogen-bond donors (Lipinski definition) is 1. The minimum absolute atomic E-state index is 0.236. The number of pyridine rings is 1. The zero-order valence-corrected chi connectivity index (χ0v) is 12.5. The molecule has 0 radical (unpaired) electrons. The van der Waals surface area contributed by atoms with Crippen LogP contribution in [0, 0.1) is 21.4 Å². The molecular formula is C16H13N3O5. The van der Waals surface area contributed by atoms with Gasteiger partial charge in [-0.2, -0.15) is 5.26 Å². The zero-order chi connectivity index (χ0) is 17.3. The lowest BCUT2D eigenvalue weighted by molar-refractivity contribution is -0.385. The summed E-state index contributed by atoms with van der Waals surface area (Å²) in [4.78, 5) is 22.6. The molecule has 1 aromatic carbocycles. The minimum Gasteiger partial charge on any atom is -0.493 e. The predicted octanol–water partition coefficient (Wildman–Crippen LogP) is 1.36. The Morgan fingerprint density at radius 1 is 1.38 bits per heavy atom. The molecule has 8 nitrogen and oxygen atoms in total. The normalized spacial score (nSPS) is 19.5. The molecule has 2 heterocycles. The number of ether oxygens (including phenoxy) is 1. The topological polar surface area (TPSA) is 118 Å². The maximum Gasteiger partial charge on any atom is 0.285 e. The summed E-state index contributed by atoms with van der Waals surface area (Å²) in [6, 6.07) is 8.03. The van der Waals surface area contributed by atoms with Crippen molar-refractivity contribution in [2.75, 3.05) is 6.61 Å². The van der Waals surface area contributed by atoms with Crippen LogP contribution in [0.1, 0.15) is 23.6 Å². The van der Waals surface area contributed by atoms with E-state index in [0.717, 1.165) is 22.9 Å². The van der Waals surface area contributed by atoms with Gasteiger partial charge in [0, 0.05) is 24.1 Å². The van der Waals surface area contributed by atoms with Crippen molar-refractivity contribution >= 4 is 5.69 Å². The molecule has 122 valence electrons. The first kappa shape index (κ1) is 15.7. The zero-order valence-electron chi connectivity index (χ0n) is 12.5. The summed E-state index contributed by atoms with van der Waals surface area (Å²) < 4.78 is 6.69. The Morgan fingerprint density at radius 3 is 2.88 bits per heavy atom. The van der Waals surface area contributed by atoms with Gasteiger partial charge in [-0.25, -0.2) is 0 Å². The summed E-state index contributed by atoms with van der Waals surface area (Å²) in [6.45, 7) is 0.236. The van der Waals surface area contributed by atoms with Crippen molar-refractivity contribution in [1.29, 1.82) is 5.26 Å². The van der Waals surface area contributed by atoms with Gasteiger partial charge in [-0.1, -0.05) is 0 Å². The van der Waals surface area contributed by atoms with Crippen LogP contribution in [0.25, 0.3) is 0 Å². The van der Waals surface area contributed by atoms with Crippen molar-refractivity contribution in [3.8, 4) is 11.8 Å². The van der Waals surface area contributed by atoms with Gasteiger partial charge in [0.25, 0.3) is 11.2 Å². The van der Waals surface area contributed by atoms with Crippen LogP contribution in [0.4, 0.5) is 5.69 Å². The smallest absolute Gasteiger partial charge is 0.285 e. The quantitative estimate of drug-likeness (QED) is 0.657. The molecule has 2 atom stereocenters. The fourth-order valence-electron chi connectivity index (χ4n) is 2.79. The molecule has 3 rings (SSSR count). The third-order valence-corrected chi connectivity index (χ3v) is 3.93. The molecule has 1 aliphatic heterocycles. The van der Waals surface area contributed by atoms with Gasteiger partial charge in [0.15, 0.2) is 0 Å². The van der Waals surface area contributed by atoms with Crippen molar-refractivity contribution in [3.63, 3.8) is 0 Å². The fraction of sp³-hybridized carbons (Fsp3) is 0.250. The summed E-state index contributed by atoms with van der Waals surface area (Å²) in [5, 5.41) is 30.6. The number of hydrogen-bond acceptors (Lipinski definition) is 6. The molecule has 2 aromatic rings. The SMILES string of the molecule is N#Cc1ccc2c(c1)[C@H](n1cc([N+](=O)[O-])ccc1=O)[C@@H](O)CCO2. The Hall–Kier alpha value is -3.18. The maximum atomic E-state index is 12.2. The predicted molar refractivity (Wildman–Crippen MR) is 82.8 cm³/mol. The average molecular weight is 327 g/mol. The molecule has 0 saturated heterocycles. The van der Waals surface area contributed by atoms with E-state index in [1.165, 1.54) is 6.07 Å².